The van der Waals surface area contributed by atoms with E-state index in [-0.39, 0.29) is 10.9 Å². The monoisotopic (exact) mass is 288 g/mol. The summed E-state index contributed by atoms with van der Waals surface area (Å²) >= 11 is 5.66. The average Bonchev–Trinajstić information content (AvgIpc) is 2.25. The standard InChI is InChI=1S/C12H17ClN2O2S/c1-9(2)15-18(16,17)12-7-5-4-6-11(12)14-8-10(3)13/h4-7,9,14-15H,3,8H2,1-2H3. The molecule has 0 aliphatic rings. The molecule has 18 heavy (non-hydrogen) atoms. The number of hydrogen-bond acceptors (Lipinski definition) is 3. The summed E-state index contributed by atoms with van der Waals surface area (Å²) in [6.07, 6.45) is 0. The van der Waals surface area contributed by atoms with Crippen LogP contribution < -0.4 is 10.0 Å². The van der Waals surface area contributed by atoms with Crippen molar-refractivity contribution in [2.75, 3.05) is 11.9 Å². The van der Waals surface area contributed by atoms with Gasteiger partial charge in [-0.2, -0.15) is 0 Å². The first-order valence-corrected chi connectivity index (χ1v) is 7.37. The first-order chi connectivity index (χ1) is 8.33. The van der Waals surface area contributed by atoms with Crippen molar-refractivity contribution in [2.24, 2.45) is 0 Å². The van der Waals surface area contributed by atoms with E-state index in [9.17, 15) is 8.42 Å². The maximum atomic E-state index is 12.1. The molecule has 0 amide bonds. The first-order valence-electron chi connectivity index (χ1n) is 5.51. The number of rotatable bonds is 6. The molecule has 0 saturated carbocycles. The highest BCUT2D eigenvalue weighted by Gasteiger charge is 2.18. The van der Waals surface area contributed by atoms with Crippen molar-refractivity contribution in [3.05, 3.63) is 35.9 Å². The van der Waals surface area contributed by atoms with E-state index in [4.69, 9.17) is 11.6 Å². The van der Waals surface area contributed by atoms with Gasteiger partial charge in [0.25, 0.3) is 0 Å². The summed E-state index contributed by atoms with van der Waals surface area (Å²) in [6.45, 7) is 7.41. The van der Waals surface area contributed by atoms with E-state index in [1.54, 1.807) is 38.1 Å². The molecule has 1 rings (SSSR count). The Labute approximate surface area is 113 Å². The van der Waals surface area contributed by atoms with E-state index in [1.807, 2.05) is 0 Å². The largest absolute Gasteiger partial charge is 0.379 e. The minimum absolute atomic E-state index is 0.161. The van der Waals surface area contributed by atoms with Gasteiger partial charge in [-0.25, -0.2) is 13.1 Å². The molecule has 0 atom stereocenters. The summed E-state index contributed by atoms with van der Waals surface area (Å²) in [5.41, 5.74) is 0.507. The van der Waals surface area contributed by atoms with E-state index < -0.39 is 10.0 Å². The van der Waals surface area contributed by atoms with Crippen molar-refractivity contribution < 1.29 is 8.42 Å². The molecule has 0 heterocycles. The molecule has 0 aliphatic heterocycles. The van der Waals surface area contributed by atoms with Crippen LogP contribution >= 0.6 is 11.6 Å². The van der Waals surface area contributed by atoms with Crippen molar-refractivity contribution in [3.8, 4) is 0 Å². The molecule has 0 spiro atoms. The van der Waals surface area contributed by atoms with Gasteiger partial charge >= 0.3 is 0 Å². The third kappa shape index (κ3) is 4.33. The van der Waals surface area contributed by atoms with E-state index in [2.05, 4.69) is 16.6 Å². The summed E-state index contributed by atoms with van der Waals surface area (Å²) in [6, 6.07) is 6.51. The van der Waals surface area contributed by atoms with Gasteiger partial charge in [0.2, 0.25) is 10.0 Å². The predicted molar refractivity (Wildman–Crippen MR) is 75.4 cm³/mol. The molecule has 100 valence electrons. The Balaban J connectivity index is 3.05. The highest BCUT2D eigenvalue weighted by molar-refractivity contribution is 7.89. The molecule has 1 aromatic carbocycles. The Morgan fingerprint density at radius 2 is 2.00 bits per heavy atom. The molecule has 0 bridgehead atoms. The van der Waals surface area contributed by atoms with Crippen molar-refractivity contribution >= 4 is 27.3 Å². The zero-order valence-electron chi connectivity index (χ0n) is 10.4. The SMILES string of the molecule is C=C(Cl)CNc1ccccc1S(=O)(=O)NC(C)C. The van der Waals surface area contributed by atoms with Gasteiger partial charge in [-0.05, 0) is 26.0 Å². The quantitative estimate of drug-likeness (QED) is 0.846. The zero-order valence-corrected chi connectivity index (χ0v) is 12.0. The highest BCUT2D eigenvalue weighted by Crippen LogP contribution is 2.21. The lowest BCUT2D eigenvalue weighted by molar-refractivity contribution is 0.570. The summed E-state index contributed by atoms with van der Waals surface area (Å²) in [7, 11) is -3.52. The lowest BCUT2D eigenvalue weighted by Gasteiger charge is -2.14. The lowest BCUT2D eigenvalue weighted by atomic mass is 10.3. The number of nitrogens with one attached hydrogen (secondary N) is 2. The van der Waals surface area contributed by atoms with Gasteiger partial charge in [0.15, 0.2) is 0 Å². The average molecular weight is 289 g/mol. The Bertz CT molecular complexity index is 527. The predicted octanol–water partition coefficient (Wildman–Crippen LogP) is 2.54. The number of benzene rings is 1. The van der Waals surface area contributed by atoms with Crippen LogP contribution in [0.15, 0.2) is 40.8 Å². The normalized spacial score (nSPS) is 11.6. The number of sulfonamides is 1. The van der Waals surface area contributed by atoms with Crippen LogP contribution in [0.5, 0.6) is 0 Å². The van der Waals surface area contributed by atoms with Crippen molar-refractivity contribution in [1.29, 1.82) is 0 Å². The molecule has 0 radical (unpaired) electrons. The second-order valence-corrected chi connectivity index (χ2v) is 6.36. The third-order valence-corrected chi connectivity index (χ3v) is 3.89. The Hall–Kier alpha value is -1.04. The summed E-state index contributed by atoms with van der Waals surface area (Å²) in [4.78, 5) is 0.205. The van der Waals surface area contributed by atoms with Crippen LogP contribution in [0.3, 0.4) is 0 Å². The number of para-hydroxylation sites is 1. The van der Waals surface area contributed by atoms with E-state index in [1.165, 1.54) is 0 Å². The molecule has 0 aliphatic carbocycles. The van der Waals surface area contributed by atoms with Crippen molar-refractivity contribution in [2.45, 2.75) is 24.8 Å². The van der Waals surface area contributed by atoms with Gasteiger partial charge in [-0.1, -0.05) is 30.3 Å². The maximum absolute atomic E-state index is 12.1. The smallest absolute Gasteiger partial charge is 0.242 e. The minimum Gasteiger partial charge on any atom is -0.379 e. The van der Waals surface area contributed by atoms with Crippen LogP contribution in [-0.2, 0) is 10.0 Å². The topological polar surface area (TPSA) is 58.2 Å². The molecule has 1 aromatic rings. The molecular weight excluding hydrogens is 272 g/mol. The maximum Gasteiger partial charge on any atom is 0.242 e. The van der Waals surface area contributed by atoms with Gasteiger partial charge in [0.1, 0.15) is 4.90 Å². The van der Waals surface area contributed by atoms with Gasteiger partial charge in [0.05, 0.1) is 12.2 Å². The Morgan fingerprint density at radius 3 is 2.56 bits per heavy atom. The molecule has 2 N–H and O–H groups in total. The van der Waals surface area contributed by atoms with Gasteiger partial charge in [-0.3, -0.25) is 0 Å². The summed E-state index contributed by atoms with van der Waals surface area (Å²) in [5, 5.41) is 3.36. The minimum atomic E-state index is -3.52. The van der Waals surface area contributed by atoms with Crippen LogP contribution in [0.4, 0.5) is 5.69 Å². The molecular formula is C12H17ClN2O2S. The fraction of sp³-hybridized carbons (Fsp3) is 0.333. The molecule has 6 heteroatoms. The van der Waals surface area contributed by atoms with E-state index in [0.29, 0.717) is 17.3 Å². The Morgan fingerprint density at radius 1 is 1.39 bits per heavy atom. The summed E-state index contributed by atoms with van der Waals surface area (Å²) in [5.74, 6) is 0. The van der Waals surface area contributed by atoms with Crippen LogP contribution in [0.25, 0.3) is 0 Å². The fourth-order valence-corrected chi connectivity index (χ4v) is 2.91. The number of halogens is 1. The first kappa shape index (κ1) is 15.0. The molecule has 0 aromatic heterocycles. The van der Waals surface area contributed by atoms with Crippen LogP contribution in [0, 0.1) is 0 Å². The molecule has 4 nitrogen and oxygen atoms in total. The van der Waals surface area contributed by atoms with Crippen molar-refractivity contribution in [1.82, 2.24) is 4.72 Å². The highest BCUT2D eigenvalue weighted by atomic mass is 35.5. The zero-order chi connectivity index (χ0) is 13.8. The van der Waals surface area contributed by atoms with Crippen LogP contribution in [-0.4, -0.2) is 21.0 Å². The molecule has 0 fully saturated rings. The Kier molecular flexibility index (Phi) is 5.19. The van der Waals surface area contributed by atoms with Crippen LogP contribution in [0.2, 0.25) is 0 Å². The number of anilines is 1. The van der Waals surface area contributed by atoms with Gasteiger partial charge < -0.3 is 5.32 Å². The third-order valence-electron chi connectivity index (χ3n) is 2.04. The second-order valence-electron chi connectivity index (χ2n) is 4.14. The van der Waals surface area contributed by atoms with Gasteiger partial charge in [-0.15, -0.1) is 0 Å². The fourth-order valence-electron chi connectivity index (χ4n) is 1.41. The molecule has 0 unspecified atom stereocenters. The number of hydrogen-bond donors (Lipinski definition) is 2. The second kappa shape index (κ2) is 6.22. The van der Waals surface area contributed by atoms with E-state index in [0.717, 1.165) is 0 Å². The van der Waals surface area contributed by atoms with Crippen molar-refractivity contribution in [3.63, 3.8) is 0 Å². The van der Waals surface area contributed by atoms with Crippen LogP contribution in [0.1, 0.15) is 13.8 Å². The summed E-state index contributed by atoms with van der Waals surface area (Å²) < 4.78 is 26.7. The van der Waals surface area contributed by atoms with Gasteiger partial charge in [0, 0.05) is 11.1 Å². The van der Waals surface area contributed by atoms with E-state index >= 15 is 0 Å². The molecule has 0 saturated heterocycles. The lowest BCUT2D eigenvalue weighted by Crippen LogP contribution is -2.30.